The molecule has 0 aromatic carbocycles. The number of aliphatic imine (C=N–C) groups is 1. The molecule has 7 heteroatoms. The van der Waals surface area contributed by atoms with Crippen LogP contribution in [0.2, 0.25) is 0 Å². The van der Waals surface area contributed by atoms with Crippen LogP contribution in [0.4, 0.5) is 5.95 Å². The van der Waals surface area contributed by atoms with Crippen LogP contribution in [0.5, 0.6) is 0 Å². The fourth-order valence-electron chi connectivity index (χ4n) is 1.51. The summed E-state index contributed by atoms with van der Waals surface area (Å²) in [6.07, 6.45) is 3.14. The lowest BCUT2D eigenvalue weighted by molar-refractivity contribution is -0.144. The number of fused-ring (bicyclic) bond motifs is 1. The number of carbonyl (C=O) groups is 1. The molecule has 7 nitrogen and oxygen atoms in total. The average Bonchev–Trinajstić information content (AvgIpc) is 2.77. The van der Waals surface area contributed by atoms with E-state index in [2.05, 4.69) is 15.0 Å². The maximum absolute atomic E-state index is 12.1. The number of nitrogens with one attached hydrogen (secondary N) is 1. The second-order valence-electron chi connectivity index (χ2n) is 3.54. The van der Waals surface area contributed by atoms with E-state index in [1.54, 1.807) is 19.2 Å². The van der Waals surface area contributed by atoms with Crippen LogP contribution in [0.3, 0.4) is 0 Å². The zero-order chi connectivity index (χ0) is 13.1. The van der Waals surface area contributed by atoms with E-state index >= 15 is 0 Å². The smallest absolute Gasteiger partial charge is 0.304 e. The van der Waals surface area contributed by atoms with Crippen LogP contribution in [0.1, 0.15) is 13.8 Å². The van der Waals surface area contributed by atoms with Gasteiger partial charge in [-0.1, -0.05) is 0 Å². The quantitative estimate of drug-likeness (QED) is 0.647. The SMILES string of the molecule is C/C=N/c1nc2cc[nH]c2c(=O)n1COC(C)=O. The van der Waals surface area contributed by atoms with Crippen molar-refractivity contribution in [2.75, 3.05) is 0 Å². The van der Waals surface area contributed by atoms with Crippen LogP contribution >= 0.6 is 0 Å². The van der Waals surface area contributed by atoms with Gasteiger partial charge in [0.25, 0.3) is 5.56 Å². The van der Waals surface area contributed by atoms with Crippen LogP contribution in [0.15, 0.2) is 22.1 Å². The molecule has 0 bridgehead atoms. The van der Waals surface area contributed by atoms with E-state index in [1.807, 2.05) is 0 Å². The summed E-state index contributed by atoms with van der Waals surface area (Å²) in [5, 5.41) is 0. The molecule has 2 heterocycles. The number of rotatable bonds is 3. The lowest BCUT2D eigenvalue weighted by Crippen LogP contribution is -2.23. The third-order valence-corrected chi connectivity index (χ3v) is 2.29. The fraction of sp³-hybridized carbons (Fsp3) is 0.273. The zero-order valence-electron chi connectivity index (χ0n) is 10.0. The molecule has 0 aliphatic heterocycles. The molecule has 0 fully saturated rings. The van der Waals surface area contributed by atoms with Crippen molar-refractivity contribution in [1.82, 2.24) is 14.5 Å². The van der Waals surface area contributed by atoms with Gasteiger partial charge in [-0.05, 0) is 13.0 Å². The van der Waals surface area contributed by atoms with Crippen LogP contribution in [-0.4, -0.2) is 26.7 Å². The van der Waals surface area contributed by atoms with E-state index in [0.29, 0.717) is 11.0 Å². The van der Waals surface area contributed by atoms with Crippen molar-refractivity contribution in [1.29, 1.82) is 0 Å². The van der Waals surface area contributed by atoms with Crippen molar-refractivity contribution in [3.05, 3.63) is 22.6 Å². The van der Waals surface area contributed by atoms with E-state index in [0.717, 1.165) is 0 Å². The first-order chi connectivity index (χ1) is 8.63. The molecule has 0 spiro atoms. The molecule has 2 aromatic heterocycles. The molecule has 0 amide bonds. The number of nitrogens with zero attached hydrogens (tertiary/aromatic N) is 3. The second kappa shape index (κ2) is 4.82. The lowest BCUT2D eigenvalue weighted by atomic mass is 10.4. The Kier molecular flexibility index (Phi) is 3.22. The molecule has 0 atom stereocenters. The first kappa shape index (κ1) is 12.0. The van der Waals surface area contributed by atoms with E-state index in [-0.39, 0.29) is 18.2 Å². The maximum atomic E-state index is 12.1. The number of aromatic amines is 1. The van der Waals surface area contributed by atoms with E-state index < -0.39 is 5.97 Å². The molecule has 18 heavy (non-hydrogen) atoms. The predicted molar refractivity (Wildman–Crippen MR) is 65.9 cm³/mol. The van der Waals surface area contributed by atoms with Crippen molar-refractivity contribution >= 4 is 29.2 Å². The highest BCUT2D eigenvalue weighted by molar-refractivity contribution is 5.75. The van der Waals surface area contributed by atoms with Crippen LogP contribution in [-0.2, 0) is 16.3 Å². The van der Waals surface area contributed by atoms with E-state index in [9.17, 15) is 9.59 Å². The second-order valence-corrected chi connectivity index (χ2v) is 3.54. The molecule has 0 saturated heterocycles. The number of aromatic nitrogens is 3. The highest BCUT2D eigenvalue weighted by Crippen LogP contribution is 2.12. The molecule has 0 saturated carbocycles. The Morgan fingerprint density at radius 2 is 2.44 bits per heavy atom. The summed E-state index contributed by atoms with van der Waals surface area (Å²) in [5.41, 5.74) is 0.559. The third-order valence-electron chi connectivity index (χ3n) is 2.29. The van der Waals surface area contributed by atoms with Crippen LogP contribution in [0, 0.1) is 0 Å². The first-order valence-electron chi connectivity index (χ1n) is 5.33. The molecule has 2 rings (SSSR count). The number of hydrogen-bond donors (Lipinski definition) is 1. The van der Waals surface area contributed by atoms with Gasteiger partial charge < -0.3 is 9.72 Å². The summed E-state index contributed by atoms with van der Waals surface area (Å²) in [6.45, 7) is 2.78. The largest absolute Gasteiger partial charge is 0.444 e. The highest BCUT2D eigenvalue weighted by atomic mass is 16.5. The van der Waals surface area contributed by atoms with E-state index in [1.165, 1.54) is 17.7 Å². The zero-order valence-corrected chi connectivity index (χ0v) is 10.0. The summed E-state index contributed by atoms with van der Waals surface area (Å²) in [7, 11) is 0. The Morgan fingerprint density at radius 3 is 3.11 bits per heavy atom. The summed E-state index contributed by atoms with van der Waals surface area (Å²) in [6, 6.07) is 1.68. The third kappa shape index (κ3) is 2.15. The number of esters is 1. The van der Waals surface area contributed by atoms with E-state index in [4.69, 9.17) is 4.74 Å². The minimum Gasteiger partial charge on any atom is -0.444 e. The van der Waals surface area contributed by atoms with Crippen molar-refractivity contribution in [3.8, 4) is 0 Å². The van der Waals surface area contributed by atoms with Crippen molar-refractivity contribution in [3.63, 3.8) is 0 Å². The summed E-state index contributed by atoms with van der Waals surface area (Å²) in [5.74, 6) is -0.268. The molecule has 0 unspecified atom stereocenters. The normalized spacial score (nSPS) is 11.2. The van der Waals surface area contributed by atoms with Crippen molar-refractivity contribution in [2.24, 2.45) is 4.99 Å². The van der Waals surface area contributed by atoms with Gasteiger partial charge in [0.2, 0.25) is 5.95 Å². The van der Waals surface area contributed by atoms with Gasteiger partial charge in [-0.3, -0.25) is 9.59 Å². The van der Waals surface area contributed by atoms with Crippen LogP contribution < -0.4 is 5.56 Å². The number of H-pyrrole nitrogens is 1. The highest BCUT2D eigenvalue weighted by Gasteiger charge is 2.11. The molecule has 1 N–H and O–H groups in total. The van der Waals surface area contributed by atoms with Gasteiger partial charge in [0.05, 0.1) is 5.52 Å². The molecule has 0 radical (unpaired) electrons. The van der Waals surface area contributed by atoms with Crippen molar-refractivity contribution < 1.29 is 9.53 Å². The molecule has 0 aliphatic carbocycles. The predicted octanol–water partition coefficient (Wildman–Crippen LogP) is 0.967. The maximum Gasteiger partial charge on any atom is 0.304 e. The molecule has 94 valence electrons. The topological polar surface area (TPSA) is 89.3 Å². The standard InChI is InChI=1S/C11H12N4O3/c1-3-12-11-14-8-4-5-13-9(8)10(17)15(11)6-18-7(2)16/h3-5,13H,6H2,1-2H3/b12-3+. The number of ether oxygens (including phenoxy) is 1. The molecular weight excluding hydrogens is 236 g/mol. The minimum atomic E-state index is -0.472. The average molecular weight is 248 g/mol. The Labute approximate surface area is 102 Å². The summed E-state index contributed by atoms with van der Waals surface area (Å²) < 4.78 is 6.01. The van der Waals surface area contributed by atoms with Gasteiger partial charge in [0, 0.05) is 19.3 Å². The fourth-order valence-corrected chi connectivity index (χ4v) is 1.51. The molecular formula is C11H12N4O3. The Hall–Kier alpha value is -2.44. The number of hydrogen-bond acceptors (Lipinski definition) is 5. The summed E-state index contributed by atoms with van der Waals surface area (Å²) in [4.78, 5) is 33.9. The monoisotopic (exact) mass is 248 g/mol. The lowest BCUT2D eigenvalue weighted by Gasteiger charge is -2.08. The first-order valence-corrected chi connectivity index (χ1v) is 5.33. The Bertz CT molecular complexity index is 668. The van der Waals surface area contributed by atoms with Crippen LogP contribution in [0.25, 0.3) is 11.0 Å². The Morgan fingerprint density at radius 1 is 1.67 bits per heavy atom. The molecule has 2 aromatic rings. The van der Waals surface area contributed by atoms with Gasteiger partial charge in [0.1, 0.15) is 5.52 Å². The van der Waals surface area contributed by atoms with Gasteiger partial charge in [-0.15, -0.1) is 0 Å². The van der Waals surface area contributed by atoms with Crippen molar-refractivity contribution in [2.45, 2.75) is 20.6 Å². The van der Waals surface area contributed by atoms with Gasteiger partial charge in [-0.2, -0.15) is 0 Å². The Balaban J connectivity index is 2.58. The minimum absolute atomic E-state index is 0.204. The van der Waals surface area contributed by atoms with Gasteiger partial charge in [-0.25, -0.2) is 14.5 Å². The van der Waals surface area contributed by atoms with Gasteiger partial charge >= 0.3 is 5.97 Å². The molecule has 0 aliphatic rings. The summed E-state index contributed by atoms with van der Waals surface area (Å²) >= 11 is 0. The van der Waals surface area contributed by atoms with Gasteiger partial charge in [0.15, 0.2) is 6.73 Å². The number of carbonyl (C=O) groups excluding carboxylic acids is 1.